The standard InChI is InChI=1S/C21H25N3O3S/c25-19(22-12-11-16-7-3-1-4-8-16)14-27-20(26)18-15-28-21(24-18)23-13-17-9-5-2-6-10-17/h2,5-7,9-10,15H,1,3-4,8,11-14H2,(H,22,25)(H,23,24). The molecule has 0 saturated carbocycles. The van der Waals surface area contributed by atoms with Crippen molar-refractivity contribution in [2.24, 2.45) is 0 Å². The number of hydrogen-bond donors (Lipinski definition) is 2. The molecule has 0 saturated heterocycles. The third-order valence-electron chi connectivity index (χ3n) is 4.49. The molecule has 1 aromatic carbocycles. The molecule has 1 heterocycles. The summed E-state index contributed by atoms with van der Waals surface area (Å²) in [6, 6.07) is 9.93. The maximum absolute atomic E-state index is 12.1. The number of rotatable bonds is 9. The molecule has 7 heteroatoms. The van der Waals surface area contributed by atoms with Crippen LogP contribution in [-0.4, -0.2) is 30.0 Å². The number of carbonyl (C=O) groups excluding carboxylic acids is 2. The molecule has 0 spiro atoms. The van der Waals surface area contributed by atoms with E-state index in [-0.39, 0.29) is 18.2 Å². The first-order chi connectivity index (χ1) is 13.7. The van der Waals surface area contributed by atoms with Crippen LogP contribution >= 0.6 is 11.3 Å². The summed E-state index contributed by atoms with van der Waals surface area (Å²) in [7, 11) is 0. The Bertz CT molecular complexity index is 817. The molecule has 1 aromatic heterocycles. The Kier molecular flexibility index (Phi) is 7.61. The van der Waals surface area contributed by atoms with Crippen molar-refractivity contribution in [3.63, 3.8) is 0 Å². The number of amides is 1. The lowest BCUT2D eigenvalue weighted by atomic mass is 9.97. The highest BCUT2D eigenvalue weighted by molar-refractivity contribution is 7.13. The van der Waals surface area contributed by atoms with Gasteiger partial charge in [-0.1, -0.05) is 42.0 Å². The van der Waals surface area contributed by atoms with Gasteiger partial charge in [0.2, 0.25) is 0 Å². The Balaban J connectivity index is 1.35. The minimum Gasteiger partial charge on any atom is -0.451 e. The van der Waals surface area contributed by atoms with Gasteiger partial charge in [0, 0.05) is 18.5 Å². The molecule has 3 rings (SSSR count). The zero-order chi connectivity index (χ0) is 19.6. The van der Waals surface area contributed by atoms with E-state index >= 15 is 0 Å². The number of allylic oxidation sites excluding steroid dienone is 1. The van der Waals surface area contributed by atoms with Crippen molar-refractivity contribution in [3.8, 4) is 0 Å². The molecule has 148 valence electrons. The van der Waals surface area contributed by atoms with Crippen molar-refractivity contribution >= 4 is 28.3 Å². The fourth-order valence-corrected chi connectivity index (χ4v) is 3.65. The number of thiazole rings is 1. The van der Waals surface area contributed by atoms with Gasteiger partial charge in [0.15, 0.2) is 17.4 Å². The number of esters is 1. The van der Waals surface area contributed by atoms with Crippen LogP contribution in [0.5, 0.6) is 0 Å². The van der Waals surface area contributed by atoms with E-state index in [1.807, 2.05) is 30.3 Å². The van der Waals surface area contributed by atoms with Gasteiger partial charge in [-0.3, -0.25) is 4.79 Å². The van der Waals surface area contributed by atoms with Crippen molar-refractivity contribution in [2.75, 3.05) is 18.5 Å². The van der Waals surface area contributed by atoms with E-state index in [9.17, 15) is 9.59 Å². The van der Waals surface area contributed by atoms with Gasteiger partial charge < -0.3 is 15.4 Å². The molecule has 2 aromatic rings. The molecule has 0 bridgehead atoms. The van der Waals surface area contributed by atoms with Gasteiger partial charge >= 0.3 is 5.97 Å². The molecule has 6 nitrogen and oxygen atoms in total. The smallest absolute Gasteiger partial charge is 0.358 e. The quantitative estimate of drug-likeness (QED) is 0.493. The van der Waals surface area contributed by atoms with Crippen LogP contribution in [0.3, 0.4) is 0 Å². The summed E-state index contributed by atoms with van der Waals surface area (Å²) in [6.07, 6.45) is 7.87. The fraction of sp³-hybridized carbons (Fsp3) is 0.381. The van der Waals surface area contributed by atoms with Gasteiger partial charge in [-0.2, -0.15) is 0 Å². The zero-order valence-electron chi connectivity index (χ0n) is 15.8. The zero-order valence-corrected chi connectivity index (χ0v) is 16.6. The Morgan fingerprint density at radius 3 is 2.82 bits per heavy atom. The average molecular weight is 400 g/mol. The summed E-state index contributed by atoms with van der Waals surface area (Å²) >= 11 is 1.33. The largest absolute Gasteiger partial charge is 0.451 e. The molecular formula is C21H25N3O3S. The molecule has 1 aliphatic rings. The number of carbonyl (C=O) groups is 2. The summed E-state index contributed by atoms with van der Waals surface area (Å²) in [5, 5.41) is 8.24. The second-order valence-corrected chi connectivity index (χ2v) is 7.52. The van der Waals surface area contributed by atoms with E-state index in [1.54, 1.807) is 5.38 Å². The van der Waals surface area contributed by atoms with Crippen molar-refractivity contribution in [1.82, 2.24) is 10.3 Å². The Hall–Kier alpha value is -2.67. The van der Waals surface area contributed by atoms with Crippen molar-refractivity contribution in [3.05, 3.63) is 58.6 Å². The first-order valence-electron chi connectivity index (χ1n) is 9.56. The van der Waals surface area contributed by atoms with Crippen LogP contribution in [0.15, 0.2) is 47.4 Å². The average Bonchev–Trinajstić information content (AvgIpc) is 3.21. The number of anilines is 1. The third-order valence-corrected chi connectivity index (χ3v) is 5.29. The first-order valence-corrected chi connectivity index (χ1v) is 10.4. The molecule has 0 radical (unpaired) electrons. The molecule has 2 N–H and O–H groups in total. The molecule has 0 aliphatic heterocycles. The van der Waals surface area contributed by atoms with Gasteiger partial charge in [-0.25, -0.2) is 9.78 Å². The lowest BCUT2D eigenvalue weighted by Gasteiger charge is -2.12. The van der Waals surface area contributed by atoms with Gasteiger partial charge in [0.25, 0.3) is 5.91 Å². The third kappa shape index (κ3) is 6.49. The van der Waals surface area contributed by atoms with Crippen LogP contribution in [0.1, 0.15) is 48.2 Å². The van der Waals surface area contributed by atoms with E-state index in [0.29, 0.717) is 18.2 Å². The Morgan fingerprint density at radius 2 is 2.04 bits per heavy atom. The summed E-state index contributed by atoms with van der Waals surface area (Å²) < 4.78 is 5.06. The van der Waals surface area contributed by atoms with Gasteiger partial charge in [-0.15, -0.1) is 11.3 Å². The highest BCUT2D eigenvalue weighted by Crippen LogP contribution is 2.19. The Morgan fingerprint density at radius 1 is 1.18 bits per heavy atom. The molecule has 0 unspecified atom stereocenters. The molecule has 0 fully saturated rings. The number of nitrogens with zero attached hydrogens (tertiary/aromatic N) is 1. The summed E-state index contributed by atoms with van der Waals surface area (Å²) in [5.41, 5.74) is 2.74. The van der Waals surface area contributed by atoms with Crippen molar-refractivity contribution in [1.29, 1.82) is 0 Å². The summed E-state index contributed by atoms with van der Waals surface area (Å²) in [6.45, 7) is 0.913. The normalized spacial score (nSPS) is 13.5. The second-order valence-electron chi connectivity index (χ2n) is 6.66. The van der Waals surface area contributed by atoms with Crippen LogP contribution < -0.4 is 10.6 Å². The maximum Gasteiger partial charge on any atom is 0.358 e. The SMILES string of the molecule is O=C(COC(=O)c1csc(NCc2ccccc2)n1)NCCC1=CCCCC1. The van der Waals surface area contributed by atoms with Crippen molar-refractivity contribution in [2.45, 2.75) is 38.6 Å². The van der Waals surface area contributed by atoms with Crippen LogP contribution in [0.2, 0.25) is 0 Å². The fourth-order valence-electron chi connectivity index (χ4n) is 2.97. The van der Waals surface area contributed by atoms with E-state index in [2.05, 4.69) is 21.7 Å². The number of hydrogen-bond acceptors (Lipinski definition) is 6. The highest BCUT2D eigenvalue weighted by Gasteiger charge is 2.14. The first kappa shape index (κ1) is 20.1. The lowest BCUT2D eigenvalue weighted by molar-refractivity contribution is -0.124. The maximum atomic E-state index is 12.1. The van der Waals surface area contributed by atoms with Crippen LogP contribution in [0.4, 0.5) is 5.13 Å². The lowest BCUT2D eigenvalue weighted by Crippen LogP contribution is -2.30. The van der Waals surface area contributed by atoms with Gasteiger partial charge in [0.05, 0.1) is 0 Å². The van der Waals surface area contributed by atoms with E-state index in [4.69, 9.17) is 4.74 Å². The second kappa shape index (κ2) is 10.6. The topological polar surface area (TPSA) is 80.3 Å². The number of aromatic nitrogens is 1. The van der Waals surface area contributed by atoms with Crippen molar-refractivity contribution < 1.29 is 14.3 Å². The van der Waals surface area contributed by atoms with Gasteiger partial charge in [0.1, 0.15) is 0 Å². The molecule has 1 amide bonds. The number of benzene rings is 1. The molecular weight excluding hydrogens is 374 g/mol. The monoisotopic (exact) mass is 399 g/mol. The minimum atomic E-state index is -0.589. The highest BCUT2D eigenvalue weighted by atomic mass is 32.1. The molecule has 1 aliphatic carbocycles. The van der Waals surface area contributed by atoms with E-state index in [1.165, 1.54) is 29.8 Å². The minimum absolute atomic E-state index is 0.209. The summed E-state index contributed by atoms with van der Waals surface area (Å²) in [4.78, 5) is 28.1. The predicted molar refractivity (Wildman–Crippen MR) is 110 cm³/mol. The van der Waals surface area contributed by atoms with Crippen LogP contribution in [-0.2, 0) is 16.1 Å². The molecule has 28 heavy (non-hydrogen) atoms. The molecule has 0 atom stereocenters. The van der Waals surface area contributed by atoms with E-state index < -0.39 is 5.97 Å². The van der Waals surface area contributed by atoms with Crippen LogP contribution in [0.25, 0.3) is 0 Å². The predicted octanol–water partition coefficient (Wildman–Crippen LogP) is 3.92. The number of ether oxygens (including phenoxy) is 1. The van der Waals surface area contributed by atoms with E-state index in [0.717, 1.165) is 24.8 Å². The summed E-state index contributed by atoms with van der Waals surface area (Å²) in [5.74, 6) is -0.878. The Labute approximate surface area is 169 Å². The van der Waals surface area contributed by atoms with Crippen LogP contribution in [0, 0.1) is 0 Å². The van der Waals surface area contributed by atoms with Gasteiger partial charge in [-0.05, 0) is 37.7 Å². The number of nitrogens with one attached hydrogen (secondary N) is 2.